The Hall–Kier alpha value is -1.72. The van der Waals surface area contributed by atoms with Gasteiger partial charge in [-0.15, -0.1) is 0 Å². The highest BCUT2D eigenvalue weighted by molar-refractivity contribution is 9.10. The molecule has 2 aliphatic rings. The van der Waals surface area contributed by atoms with Crippen LogP contribution in [-0.2, 0) is 9.53 Å². The van der Waals surface area contributed by atoms with Crippen molar-refractivity contribution in [1.82, 2.24) is 9.88 Å². The molecule has 0 amide bonds. The Bertz CT molecular complexity index is 829. The van der Waals surface area contributed by atoms with Gasteiger partial charge in [-0.05, 0) is 70.7 Å². The molecule has 1 aliphatic heterocycles. The van der Waals surface area contributed by atoms with E-state index in [-0.39, 0.29) is 11.9 Å². The summed E-state index contributed by atoms with van der Waals surface area (Å²) in [5.74, 6) is 0.346. The van der Waals surface area contributed by atoms with E-state index in [4.69, 9.17) is 4.74 Å². The van der Waals surface area contributed by atoms with E-state index in [0.29, 0.717) is 5.92 Å². The normalized spacial score (nSPS) is 19.3. The van der Waals surface area contributed by atoms with Crippen molar-refractivity contribution in [2.45, 2.75) is 67.7 Å². The molecular weight excluding hydrogens is 476 g/mol. The summed E-state index contributed by atoms with van der Waals surface area (Å²) < 4.78 is 5.99. The van der Waals surface area contributed by atoms with Crippen molar-refractivity contribution in [3.05, 3.63) is 56.9 Å². The number of ether oxygens (including phenoxy) is 1. The van der Waals surface area contributed by atoms with Gasteiger partial charge in [0.25, 0.3) is 0 Å². The third-order valence-corrected chi connectivity index (χ3v) is 6.72. The number of aryl methyl sites for hydroxylation is 1. The molecule has 4 nitrogen and oxygen atoms in total. The second-order valence-corrected chi connectivity index (χ2v) is 9.06. The quantitative estimate of drug-likeness (QED) is 0.381. The van der Waals surface area contributed by atoms with Gasteiger partial charge in [0.05, 0.1) is 13.0 Å². The Morgan fingerprint density at radius 2 is 1.85 bits per heavy atom. The smallest absolute Gasteiger partial charge is 0.312 e. The molecule has 3 rings (SSSR count). The molecule has 0 bridgehead atoms. The molecule has 33 heavy (non-hydrogen) atoms. The molecule has 1 aliphatic carbocycles. The van der Waals surface area contributed by atoms with E-state index in [9.17, 15) is 4.79 Å². The summed E-state index contributed by atoms with van der Waals surface area (Å²) in [6, 6.07) is 2.00. The predicted octanol–water partition coefficient (Wildman–Crippen LogP) is 7.39. The van der Waals surface area contributed by atoms with Crippen molar-refractivity contribution < 1.29 is 9.53 Å². The van der Waals surface area contributed by atoms with Crippen LogP contribution < -0.4 is 0 Å². The molecule has 1 fully saturated rings. The van der Waals surface area contributed by atoms with E-state index in [2.05, 4.69) is 57.9 Å². The van der Waals surface area contributed by atoms with Gasteiger partial charge in [0.15, 0.2) is 0 Å². The van der Waals surface area contributed by atoms with Crippen LogP contribution >= 0.6 is 15.9 Å². The largest absolute Gasteiger partial charge is 0.469 e. The summed E-state index contributed by atoms with van der Waals surface area (Å²) in [4.78, 5) is 18.7. The van der Waals surface area contributed by atoms with E-state index in [0.717, 1.165) is 36.2 Å². The first kappa shape index (κ1) is 29.3. The van der Waals surface area contributed by atoms with Crippen LogP contribution in [0.3, 0.4) is 0 Å². The van der Waals surface area contributed by atoms with Crippen molar-refractivity contribution >= 4 is 28.0 Å². The zero-order valence-electron chi connectivity index (χ0n) is 21.9. The fourth-order valence-corrected chi connectivity index (χ4v) is 4.97. The topological polar surface area (TPSA) is 42.4 Å². The minimum atomic E-state index is -0.132. The zero-order valence-corrected chi connectivity index (χ0v) is 23.5. The number of allylic oxidation sites excluding steroid dienone is 3. The number of nitrogens with zero attached hydrogens (tertiary/aromatic N) is 2. The van der Waals surface area contributed by atoms with E-state index >= 15 is 0 Å². The van der Waals surface area contributed by atoms with Gasteiger partial charge in [-0.2, -0.15) is 0 Å². The second-order valence-electron chi connectivity index (χ2n) is 8.21. The molecule has 0 N–H and O–H groups in total. The fourth-order valence-electron chi connectivity index (χ4n) is 4.45. The van der Waals surface area contributed by atoms with Crippen molar-refractivity contribution in [2.75, 3.05) is 26.7 Å². The number of carbonyl (C=O) groups excluding carboxylic acids is 1. The van der Waals surface area contributed by atoms with Crippen molar-refractivity contribution in [2.24, 2.45) is 11.8 Å². The first-order valence-electron chi connectivity index (χ1n) is 12.4. The molecule has 0 spiro atoms. The molecule has 0 saturated carbocycles. The van der Waals surface area contributed by atoms with E-state index < -0.39 is 0 Å². The molecule has 1 atom stereocenters. The van der Waals surface area contributed by atoms with Crippen LogP contribution in [0.1, 0.15) is 72.1 Å². The van der Waals surface area contributed by atoms with Crippen LogP contribution in [0.5, 0.6) is 0 Å². The molecule has 1 aromatic heterocycles. The lowest BCUT2D eigenvalue weighted by molar-refractivity contribution is -0.143. The first-order valence-corrected chi connectivity index (χ1v) is 13.2. The summed E-state index contributed by atoms with van der Waals surface area (Å²) in [5, 5.41) is 0. The number of methoxy groups -OCH3 is 1. The summed E-state index contributed by atoms with van der Waals surface area (Å²) in [7, 11) is 1.46. The van der Waals surface area contributed by atoms with E-state index in [1.54, 1.807) is 0 Å². The summed E-state index contributed by atoms with van der Waals surface area (Å²) >= 11 is 3.64. The van der Waals surface area contributed by atoms with Gasteiger partial charge in [-0.3, -0.25) is 14.7 Å². The minimum Gasteiger partial charge on any atom is -0.469 e. The minimum absolute atomic E-state index is 0.119. The lowest BCUT2D eigenvalue weighted by atomic mass is 9.80. The molecule has 184 valence electrons. The number of aromatic nitrogens is 1. The van der Waals surface area contributed by atoms with Gasteiger partial charge in [-0.1, -0.05) is 73.0 Å². The molecule has 0 radical (unpaired) electrons. The standard InChI is InChI=1S/C24H31BrN2O2.2C2H6/c1-16(13-22-18(3)26-10-7-23(22)25)15-27-11-8-19(9-12-27)21-6-5-20(14-17(21)2)24(28)29-4;2*1-2/h6-7,10,13-14,19-20H,5,8-9,11-12,15H2,1-4H3;2*1-2H3/b16-13+;;. The number of carbonyl (C=O) groups is 1. The van der Waals surface area contributed by atoms with Gasteiger partial charge in [0, 0.05) is 28.5 Å². The molecular formula is C28H43BrN2O2. The van der Waals surface area contributed by atoms with Gasteiger partial charge >= 0.3 is 5.97 Å². The third kappa shape index (κ3) is 8.53. The summed E-state index contributed by atoms with van der Waals surface area (Å²) in [5.41, 5.74) is 6.27. The van der Waals surface area contributed by atoms with Crippen molar-refractivity contribution in [3.8, 4) is 0 Å². The number of hydrogen-bond acceptors (Lipinski definition) is 4. The maximum atomic E-state index is 11.8. The molecule has 1 saturated heterocycles. The average molecular weight is 520 g/mol. The van der Waals surface area contributed by atoms with Crippen LogP contribution in [0.25, 0.3) is 6.08 Å². The number of rotatable bonds is 5. The number of likely N-dealkylation sites (tertiary alicyclic amines) is 1. The van der Waals surface area contributed by atoms with Gasteiger partial charge in [0.1, 0.15) is 0 Å². The van der Waals surface area contributed by atoms with E-state index in [1.165, 1.54) is 42.2 Å². The number of halogens is 1. The number of pyridine rings is 1. The summed E-state index contributed by atoms with van der Waals surface area (Å²) in [6.07, 6.45) is 11.6. The average Bonchev–Trinajstić information content (AvgIpc) is 2.84. The monoisotopic (exact) mass is 518 g/mol. The maximum absolute atomic E-state index is 11.8. The second kappa shape index (κ2) is 15.2. The van der Waals surface area contributed by atoms with Crippen molar-refractivity contribution in [1.29, 1.82) is 0 Å². The SMILES string of the molecule is CC.CC.COC(=O)C1C=C(C)C(C2CCN(C/C(C)=C/c3c(Br)ccnc3C)CC2)=CC1. The fraction of sp³-hybridized carbons (Fsp3) is 0.571. The molecule has 2 heterocycles. The number of hydrogen-bond donors (Lipinski definition) is 0. The van der Waals surface area contributed by atoms with Crippen molar-refractivity contribution in [3.63, 3.8) is 0 Å². The lowest BCUT2D eigenvalue weighted by Crippen LogP contribution is -2.35. The molecule has 1 unspecified atom stereocenters. The highest BCUT2D eigenvalue weighted by Crippen LogP contribution is 2.34. The third-order valence-electron chi connectivity index (χ3n) is 6.03. The van der Waals surface area contributed by atoms with Gasteiger partial charge in [-0.25, -0.2) is 0 Å². The summed E-state index contributed by atoms with van der Waals surface area (Å²) in [6.45, 7) is 17.6. The highest BCUT2D eigenvalue weighted by Gasteiger charge is 2.27. The van der Waals surface area contributed by atoms with Crippen LogP contribution in [0.4, 0.5) is 0 Å². The predicted molar refractivity (Wildman–Crippen MR) is 144 cm³/mol. The maximum Gasteiger partial charge on any atom is 0.312 e. The first-order chi connectivity index (χ1) is 15.9. The Morgan fingerprint density at radius 3 is 2.39 bits per heavy atom. The van der Waals surface area contributed by atoms with Gasteiger partial charge < -0.3 is 4.74 Å². The molecule has 1 aromatic rings. The van der Waals surface area contributed by atoms with Crippen LogP contribution in [0, 0.1) is 18.8 Å². The molecule has 5 heteroatoms. The zero-order chi connectivity index (χ0) is 25.0. The number of esters is 1. The Balaban J connectivity index is 0.00000129. The Kier molecular flexibility index (Phi) is 13.5. The lowest BCUT2D eigenvalue weighted by Gasteiger charge is -2.35. The van der Waals surface area contributed by atoms with E-state index in [1.807, 2.05) is 46.9 Å². The highest BCUT2D eigenvalue weighted by atomic mass is 79.9. The Morgan fingerprint density at radius 1 is 1.21 bits per heavy atom. The molecule has 0 aromatic carbocycles. The van der Waals surface area contributed by atoms with Crippen LogP contribution in [-0.4, -0.2) is 42.6 Å². The van der Waals surface area contributed by atoms with Crippen LogP contribution in [0.2, 0.25) is 0 Å². The van der Waals surface area contributed by atoms with Gasteiger partial charge in [0.2, 0.25) is 0 Å². The number of piperidine rings is 1. The Labute approximate surface area is 210 Å². The van der Waals surface area contributed by atoms with Crippen LogP contribution in [0.15, 0.2) is 45.6 Å².